The fraction of sp³-hybridized carbons (Fsp3) is 0. The van der Waals surface area contributed by atoms with Crippen LogP contribution in [0, 0.1) is 0 Å². The molecule has 0 bridgehead atoms. The van der Waals surface area contributed by atoms with Crippen molar-refractivity contribution in [2.45, 2.75) is 0 Å². The highest BCUT2D eigenvalue weighted by molar-refractivity contribution is 7.27. The molecule has 0 aliphatic heterocycles. The van der Waals surface area contributed by atoms with Gasteiger partial charge >= 0.3 is 0 Å². The minimum absolute atomic E-state index is 0.642. The Balaban J connectivity index is 1.35. The Bertz CT molecular complexity index is 2820. The highest BCUT2D eigenvalue weighted by atomic mass is 32.1. The third-order valence-electron chi connectivity index (χ3n) is 9.03. The van der Waals surface area contributed by atoms with Crippen molar-refractivity contribution in [3.05, 3.63) is 152 Å². The van der Waals surface area contributed by atoms with E-state index < -0.39 is 0 Å². The van der Waals surface area contributed by atoms with Gasteiger partial charge in [-0.25, -0.2) is 19.9 Å². The zero-order chi connectivity index (χ0) is 31.6. The molecule has 0 spiro atoms. The Morgan fingerprint density at radius 3 is 1.77 bits per heavy atom. The Kier molecular flexibility index (Phi) is 5.98. The van der Waals surface area contributed by atoms with Gasteiger partial charge in [0.25, 0.3) is 0 Å². The Morgan fingerprint density at radius 2 is 1.02 bits per heavy atom. The van der Waals surface area contributed by atoms with Crippen LogP contribution in [0.5, 0.6) is 0 Å². The third-order valence-corrected chi connectivity index (χ3v) is 10.2. The molecular weight excluding hydrogens is 607 g/mol. The molecule has 0 aliphatic rings. The quantitative estimate of drug-likeness (QED) is 0.194. The van der Waals surface area contributed by atoms with Gasteiger partial charge in [0.1, 0.15) is 0 Å². The van der Waals surface area contributed by atoms with E-state index in [9.17, 15) is 0 Å². The second kappa shape index (κ2) is 10.7. The van der Waals surface area contributed by atoms with E-state index in [0.29, 0.717) is 11.8 Å². The molecule has 0 amide bonds. The minimum atomic E-state index is 0.642. The van der Waals surface area contributed by atoms with Crippen LogP contribution in [0.3, 0.4) is 0 Å². The molecule has 10 rings (SSSR count). The van der Waals surface area contributed by atoms with Crippen LogP contribution in [-0.4, -0.2) is 24.5 Å². The van der Waals surface area contributed by atoms with E-state index in [2.05, 4.69) is 114 Å². The minimum Gasteiger partial charge on any atom is -0.276 e. The first-order valence-corrected chi connectivity index (χ1v) is 16.7. The van der Waals surface area contributed by atoms with Gasteiger partial charge in [0.2, 0.25) is 5.95 Å². The molecule has 0 radical (unpaired) electrons. The smallest absolute Gasteiger partial charge is 0.235 e. The Labute approximate surface area is 279 Å². The van der Waals surface area contributed by atoms with Gasteiger partial charge in [-0.1, -0.05) is 140 Å². The standard InChI is InChI=1S/C42H25N5S/c1-4-14-26(15-5-1)35-31-21-10-12-22-33(31)43-42(46-35)47-34-23-13-11-20-29(34)30-24-25-32-37-40(48-39(32)38(30)47)36(27-16-6-2-7-17-27)44-41(45-37)28-18-8-3-9-19-28/h1-25H. The number of thiophene rings is 1. The van der Waals surface area contributed by atoms with Crippen molar-refractivity contribution in [1.29, 1.82) is 0 Å². The summed E-state index contributed by atoms with van der Waals surface area (Å²) in [5.74, 6) is 1.36. The molecule has 4 aromatic heterocycles. The summed E-state index contributed by atoms with van der Waals surface area (Å²) in [4.78, 5) is 21.0. The number of para-hydroxylation sites is 2. The first-order chi connectivity index (χ1) is 23.8. The summed E-state index contributed by atoms with van der Waals surface area (Å²) in [7, 11) is 0. The molecule has 5 nitrogen and oxygen atoms in total. The Hall–Kier alpha value is -6.24. The zero-order valence-corrected chi connectivity index (χ0v) is 26.4. The summed E-state index contributed by atoms with van der Waals surface area (Å²) in [6.45, 7) is 0. The van der Waals surface area contributed by atoms with Crippen LogP contribution >= 0.6 is 11.3 Å². The SMILES string of the molecule is c1ccc(-c2nc(-c3ccccc3)c3sc4c(ccc5c6ccccc6n(-c6nc(-c7ccccc7)c7ccccc7n6)c54)c3n2)cc1. The normalized spacial score (nSPS) is 11.8. The molecule has 6 heteroatoms. The van der Waals surface area contributed by atoms with Crippen LogP contribution in [0.4, 0.5) is 0 Å². The molecule has 0 N–H and O–H groups in total. The van der Waals surface area contributed by atoms with Crippen LogP contribution in [-0.2, 0) is 0 Å². The van der Waals surface area contributed by atoms with Gasteiger partial charge in [0, 0.05) is 38.2 Å². The van der Waals surface area contributed by atoms with Crippen LogP contribution in [0.1, 0.15) is 0 Å². The maximum absolute atomic E-state index is 5.32. The second-order valence-corrected chi connectivity index (χ2v) is 12.9. The molecule has 224 valence electrons. The summed E-state index contributed by atoms with van der Waals surface area (Å²) < 4.78 is 4.44. The van der Waals surface area contributed by atoms with Gasteiger partial charge in [0.05, 0.1) is 42.9 Å². The van der Waals surface area contributed by atoms with Crippen molar-refractivity contribution >= 4 is 64.3 Å². The lowest BCUT2D eigenvalue weighted by Gasteiger charge is -2.12. The first kappa shape index (κ1) is 26.9. The fourth-order valence-corrected chi connectivity index (χ4v) is 8.13. The van der Waals surface area contributed by atoms with Crippen molar-refractivity contribution in [1.82, 2.24) is 24.5 Å². The largest absolute Gasteiger partial charge is 0.276 e. The fourth-order valence-electron chi connectivity index (χ4n) is 6.85. The second-order valence-electron chi connectivity index (χ2n) is 11.9. The average Bonchev–Trinajstić information content (AvgIpc) is 3.71. The van der Waals surface area contributed by atoms with Gasteiger partial charge in [-0.15, -0.1) is 11.3 Å². The van der Waals surface area contributed by atoms with Crippen LogP contribution in [0.15, 0.2) is 152 Å². The monoisotopic (exact) mass is 631 g/mol. The van der Waals surface area contributed by atoms with Crippen LogP contribution in [0.25, 0.3) is 92.9 Å². The number of nitrogens with zero attached hydrogens (tertiary/aromatic N) is 5. The molecular formula is C42H25N5S. The van der Waals surface area contributed by atoms with E-state index in [1.807, 2.05) is 42.5 Å². The number of rotatable bonds is 4. The van der Waals surface area contributed by atoms with E-state index in [1.165, 1.54) is 0 Å². The lowest BCUT2D eigenvalue weighted by Crippen LogP contribution is -2.03. The number of aromatic nitrogens is 5. The van der Waals surface area contributed by atoms with Gasteiger partial charge in [-0.3, -0.25) is 4.57 Å². The van der Waals surface area contributed by atoms with E-state index in [1.54, 1.807) is 11.3 Å². The molecule has 0 aliphatic carbocycles. The van der Waals surface area contributed by atoms with E-state index in [4.69, 9.17) is 19.9 Å². The lowest BCUT2D eigenvalue weighted by molar-refractivity contribution is 1.02. The number of fused-ring (bicyclic) bond motifs is 8. The van der Waals surface area contributed by atoms with Gasteiger partial charge in [0.15, 0.2) is 5.82 Å². The summed E-state index contributed by atoms with van der Waals surface area (Å²) in [6, 6.07) is 52.3. The van der Waals surface area contributed by atoms with Crippen molar-refractivity contribution in [2.75, 3.05) is 0 Å². The highest BCUT2D eigenvalue weighted by Crippen LogP contribution is 2.45. The third kappa shape index (κ3) is 4.10. The summed E-state index contributed by atoms with van der Waals surface area (Å²) in [5, 5.41) is 4.42. The summed E-state index contributed by atoms with van der Waals surface area (Å²) in [6.07, 6.45) is 0. The predicted octanol–water partition coefficient (Wildman–Crippen LogP) is 10.9. The highest BCUT2D eigenvalue weighted by Gasteiger charge is 2.23. The molecule has 0 saturated heterocycles. The molecule has 10 aromatic rings. The molecule has 48 heavy (non-hydrogen) atoms. The van der Waals surface area contributed by atoms with Gasteiger partial charge in [-0.05, 0) is 12.1 Å². The summed E-state index contributed by atoms with van der Waals surface area (Å²) in [5.41, 5.74) is 8.95. The van der Waals surface area contributed by atoms with Crippen LogP contribution in [0.2, 0.25) is 0 Å². The maximum atomic E-state index is 5.32. The zero-order valence-electron chi connectivity index (χ0n) is 25.6. The molecule has 0 unspecified atom stereocenters. The Morgan fingerprint density at radius 1 is 0.417 bits per heavy atom. The lowest BCUT2D eigenvalue weighted by atomic mass is 10.1. The number of hydrogen-bond acceptors (Lipinski definition) is 5. The summed E-state index contributed by atoms with van der Waals surface area (Å²) >= 11 is 1.74. The van der Waals surface area contributed by atoms with E-state index in [0.717, 1.165) is 81.1 Å². The molecule has 4 heterocycles. The van der Waals surface area contributed by atoms with E-state index >= 15 is 0 Å². The van der Waals surface area contributed by atoms with Crippen molar-refractivity contribution < 1.29 is 0 Å². The molecule has 0 atom stereocenters. The van der Waals surface area contributed by atoms with Crippen molar-refractivity contribution in [3.63, 3.8) is 0 Å². The average molecular weight is 632 g/mol. The number of benzene rings is 6. The molecule has 6 aromatic carbocycles. The molecule has 0 saturated carbocycles. The van der Waals surface area contributed by atoms with Crippen LogP contribution < -0.4 is 0 Å². The van der Waals surface area contributed by atoms with Gasteiger partial charge < -0.3 is 0 Å². The predicted molar refractivity (Wildman–Crippen MR) is 199 cm³/mol. The first-order valence-electron chi connectivity index (χ1n) is 15.9. The van der Waals surface area contributed by atoms with E-state index in [-0.39, 0.29) is 0 Å². The van der Waals surface area contributed by atoms with Crippen molar-refractivity contribution in [2.24, 2.45) is 0 Å². The maximum Gasteiger partial charge on any atom is 0.235 e. The topological polar surface area (TPSA) is 56.5 Å². The van der Waals surface area contributed by atoms with Gasteiger partial charge in [-0.2, -0.15) is 0 Å². The number of hydrogen-bond donors (Lipinski definition) is 0. The van der Waals surface area contributed by atoms with Crippen molar-refractivity contribution in [3.8, 4) is 39.9 Å². The molecule has 0 fully saturated rings.